The Bertz CT molecular complexity index is 1030. The van der Waals surface area contributed by atoms with Crippen molar-refractivity contribution in [1.29, 1.82) is 0 Å². The molecule has 0 aliphatic rings. The van der Waals surface area contributed by atoms with Crippen LogP contribution in [0.4, 0.5) is 5.69 Å². The number of hydrogen-bond acceptors (Lipinski definition) is 3. The van der Waals surface area contributed by atoms with Crippen molar-refractivity contribution in [2.75, 3.05) is 5.32 Å². The van der Waals surface area contributed by atoms with Crippen LogP contribution in [0, 0.1) is 6.92 Å². The lowest BCUT2D eigenvalue weighted by atomic mass is 10.2. The summed E-state index contributed by atoms with van der Waals surface area (Å²) in [5.41, 5.74) is 4.38. The van der Waals surface area contributed by atoms with Crippen molar-refractivity contribution in [1.82, 2.24) is 9.97 Å². The van der Waals surface area contributed by atoms with Crippen molar-refractivity contribution in [3.8, 4) is 11.4 Å². The minimum Gasteiger partial charge on any atom is -0.338 e. The second-order valence-electron chi connectivity index (χ2n) is 5.72. The number of rotatable bonds is 3. The summed E-state index contributed by atoms with van der Waals surface area (Å²) in [5, 5.41) is 5.49. The molecule has 0 aliphatic carbocycles. The minimum absolute atomic E-state index is 0.112. The zero-order valence-electron chi connectivity index (χ0n) is 13.3. The van der Waals surface area contributed by atoms with Gasteiger partial charge in [0.2, 0.25) is 0 Å². The largest absolute Gasteiger partial charge is 0.338 e. The molecule has 2 N–H and O–H groups in total. The van der Waals surface area contributed by atoms with E-state index in [9.17, 15) is 4.79 Å². The summed E-state index contributed by atoms with van der Waals surface area (Å²) < 4.78 is 0. The normalized spacial score (nSPS) is 11.0. The summed E-state index contributed by atoms with van der Waals surface area (Å²) in [5.74, 6) is 0.628. The number of aromatic nitrogens is 2. The average Bonchev–Trinajstić information content (AvgIpc) is 3.25. The van der Waals surface area contributed by atoms with Crippen LogP contribution >= 0.6 is 22.9 Å². The number of aryl methyl sites for hydroxylation is 1. The zero-order chi connectivity index (χ0) is 17.4. The molecular formula is C19H14ClN3OS. The molecule has 0 bridgehead atoms. The molecule has 4 aromatic rings. The third-order valence-corrected chi connectivity index (χ3v) is 5.18. The highest BCUT2D eigenvalue weighted by molar-refractivity contribution is 7.12. The first-order chi connectivity index (χ1) is 12.1. The fraction of sp³-hybridized carbons (Fsp3) is 0.0526. The molecule has 25 heavy (non-hydrogen) atoms. The number of thiophene rings is 1. The molecule has 0 unspecified atom stereocenters. The van der Waals surface area contributed by atoms with Crippen LogP contribution in [0.1, 0.15) is 15.2 Å². The van der Waals surface area contributed by atoms with Crippen molar-refractivity contribution in [3.63, 3.8) is 0 Å². The van der Waals surface area contributed by atoms with Crippen molar-refractivity contribution in [3.05, 3.63) is 69.4 Å². The van der Waals surface area contributed by atoms with E-state index in [4.69, 9.17) is 11.6 Å². The lowest BCUT2D eigenvalue weighted by Gasteiger charge is -2.05. The Morgan fingerprint density at radius 1 is 1.20 bits per heavy atom. The molecule has 4 nitrogen and oxygen atoms in total. The molecule has 0 spiro atoms. The predicted octanol–water partition coefficient (Wildman–Crippen LogP) is 5.51. The van der Waals surface area contributed by atoms with E-state index in [-0.39, 0.29) is 5.91 Å². The van der Waals surface area contributed by atoms with Crippen LogP contribution in [0.15, 0.2) is 53.9 Å². The summed E-state index contributed by atoms with van der Waals surface area (Å²) in [6.45, 7) is 1.96. The van der Waals surface area contributed by atoms with E-state index in [0.29, 0.717) is 9.90 Å². The molecule has 0 radical (unpaired) electrons. The van der Waals surface area contributed by atoms with Crippen LogP contribution in [0.5, 0.6) is 0 Å². The molecule has 2 aromatic heterocycles. The molecule has 6 heteroatoms. The Hall–Kier alpha value is -2.63. The number of H-pyrrole nitrogens is 1. The maximum Gasteiger partial charge on any atom is 0.265 e. The summed E-state index contributed by atoms with van der Waals surface area (Å²) in [6, 6.07) is 15.1. The fourth-order valence-corrected chi connectivity index (χ4v) is 3.40. The molecule has 1 amide bonds. The van der Waals surface area contributed by atoms with Gasteiger partial charge >= 0.3 is 0 Å². The molecule has 2 heterocycles. The Labute approximate surface area is 153 Å². The molecule has 0 saturated heterocycles. The fourth-order valence-electron chi connectivity index (χ4n) is 2.62. The van der Waals surface area contributed by atoms with Gasteiger partial charge in [-0.05, 0) is 48.2 Å². The molecule has 2 aromatic carbocycles. The number of aromatic amines is 1. The number of hydrogen-bond donors (Lipinski definition) is 2. The van der Waals surface area contributed by atoms with Crippen LogP contribution in [-0.4, -0.2) is 15.9 Å². The standard InChI is InChI=1S/C19H14ClN3OS/c1-11-8-15-16(10-14(11)20)23-18(22-15)12-4-2-5-13(9-12)21-19(24)17-6-3-7-25-17/h2-10H,1H3,(H,21,24)(H,22,23). The Balaban J connectivity index is 1.66. The van der Waals surface area contributed by atoms with Crippen molar-refractivity contribution >= 4 is 45.6 Å². The van der Waals surface area contributed by atoms with E-state index in [1.165, 1.54) is 11.3 Å². The number of fused-ring (bicyclic) bond motifs is 1. The van der Waals surface area contributed by atoms with Crippen molar-refractivity contribution in [2.45, 2.75) is 6.92 Å². The smallest absolute Gasteiger partial charge is 0.265 e. The lowest BCUT2D eigenvalue weighted by Crippen LogP contribution is -2.09. The van der Waals surface area contributed by atoms with Gasteiger partial charge in [0.05, 0.1) is 15.9 Å². The molecule has 0 aliphatic heterocycles. The maximum absolute atomic E-state index is 12.2. The number of halogens is 1. The number of benzene rings is 2. The number of imidazole rings is 1. The van der Waals surface area contributed by atoms with Gasteiger partial charge in [0.25, 0.3) is 5.91 Å². The van der Waals surface area contributed by atoms with Gasteiger partial charge in [-0.2, -0.15) is 0 Å². The highest BCUT2D eigenvalue weighted by Gasteiger charge is 2.10. The SMILES string of the molecule is Cc1cc2[nH]c(-c3cccc(NC(=O)c4cccs4)c3)nc2cc1Cl. The van der Waals surface area contributed by atoms with Crippen molar-refractivity contribution < 1.29 is 4.79 Å². The van der Waals surface area contributed by atoms with Gasteiger partial charge < -0.3 is 10.3 Å². The van der Waals surface area contributed by atoms with Crippen LogP contribution in [-0.2, 0) is 0 Å². The summed E-state index contributed by atoms with van der Waals surface area (Å²) in [4.78, 5) is 20.8. The maximum atomic E-state index is 12.2. The Morgan fingerprint density at radius 3 is 2.88 bits per heavy atom. The van der Waals surface area contributed by atoms with E-state index in [0.717, 1.165) is 33.7 Å². The number of carbonyl (C=O) groups is 1. The van der Waals surface area contributed by atoms with E-state index in [1.54, 1.807) is 6.07 Å². The van der Waals surface area contributed by atoms with E-state index < -0.39 is 0 Å². The summed E-state index contributed by atoms with van der Waals surface area (Å²) >= 11 is 7.59. The molecule has 0 fully saturated rings. The number of carbonyl (C=O) groups excluding carboxylic acids is 1. The number of nitrogens with one attached hydrogen (secondary N) is 2. The molecule has 4 rings (SSSR count). The van der Waals surface area contributed by atoms with Gasteiger partial charge in [-0.15, -0.1) is 11.3 Å². The van der Waals surface area contributed by atoms with Crippen LogP contribution < -0.4 is 5.32 Å². The first-order valence-corrected chi connectivity index (χ1v) is 8.97. The quantitative estimate of drug-likeness (QED) is 0.502. The van der Waals surface area contributed by atoms with E-state index in [2.05, 4.69) is 15.3 Å². The zero-order valence-corrected chi connectivity index (χ0v) is 14.9. The molecule has 0 saturated carbocycles. The topological polar surface area (TPSA) is 57.8 Å². The summed E-state index contributed by atoms with van der Waals surface area (Å²) in [6.07, 6.45) is 0. The van der Waals surface area contributed by atoms with E-state index in [1.807, 2.05) is 54.8 Å². The van der Waals surface area contributed by atoms with Gasteiger partial charge in [0.15, 0.2) is 0 Å². The van der Waals surface area contributed by atoms with Gasteiger partial charge in [0.1, 0.15) is 5.82 Å². The molecule has 0 atom stereocenters. The Morgan fingerprint density at radius 2 is 2.08 bits per heavy atom. The van der Waals surface area contributed by atoms with Gasteiger partial charge in [-0.25, -0.2) is 4.98 Å². The van der Waals surface area contributed by atoms with Crippen LogP contribution in [0.2, 0.25) is 5.02 Å². The third kappa shape index (κ3) is 3.16. The highest BCUT2D eigenvalue weighted by atomic mass is 35.5. The predicted molar refractivity (Wildman–Crippen MR) is 104 cm³/mol. The third-order valence-electron chi connectivity index (χ3n) is 3.90. The second-order valence-corrected chi connectivity index (χ2v) is 7.07. The van der Waals surface area contributed by atoms with Crippen LogP contribution in [0.3, 0.4) is 0 Å². The highest BCUT2D eigenvalue weighted by Crippen LogP contribution is 2.27. The number of anilines is 1. The molecule has 124 valence electrons. The van der Waals surface area contributed by atoms with Gasteiger partial charge in [0, 0.05) is 16.3 Å². The van der Waals surface area contributed by atoms with Crippen LogP contribution in [0.25, 0.3) is 22.4 Å². The average molecular weight is 368 g/mol. The second kappa shape index (κ2) is 6.35. The number of nitrogens with zero attached hydrogens (tertiary/aromatic N) is 1. The van der Waals surface area contributed by atoms with Gasteiger partial charge in [-0.1, -0.05) is 29.8 Å². The van der Waals surface area contributed by atoms with E-state index >= 15 is 0 Å². The molecular weight excluding hydrogens is 354 g/mol. The van der Waals surface area contributed by atoms with Gasteiger partial charge in [-0.3, -0.25) is 4.79 Å². The Kier molecular flexibility index (Phi) is 4.03. The minimum atomic E-state index is -0.112. The first kappa shape index (κ1) is 15.9. The first-order valence-electron chi connectivity index (χ1n) is 7.71. The number of amides is 1. The summed E-state index contributed by atoms with van der Waals surface area (Å²) in [7, 11) is 0. The monoisotopic (exact) mass is 367 g/mol. The lowest BCUT2D eigenvalue weighted by molar-refractivity contribution is 0.103. The van der Waals surface area contributed by atoms with Crippen molar-refractivity contribution in [2.24, 2.45) is 0 Å².